The number of rotatable bonds is 9. The molecule has 8 nitrogen and oxygen atoms in total. The number of aryl methyl sites for hydroxylation is 2. The Morgan fingerprint density at radius 2 is 0.714 bits per heavy atom. The van der Waals surface area contributed by atoms with Crippen LogP contribution in [0.2, 0.25) is 0 Å². The molecule has 214 valence electrons. The Morgan fingerprint density at radius 3 is 0.976 bits per heavy atom. The molecule has 4 aromatic carbocycles. The van der Waals surface area contributed by atoms with Crippen LogP contribution in [0.3, 0.4) is 0 Å². The molecule has 0 atom stereocenters. The monoisotopic (exact) mass is 600 g/mol. The van der Waals surface area contributed by atoms with Crippen molar-refractivity contribution < 1.29 is 35.1 Å². The minimum atomic E-state index is -4.34. The molecule has 0 fully saturated rings. The van der Waals surface area contributed by atoms with Gasteiger partial charge in [-0.1, -0.05) is 48.5 Å². The molecule has 0 bridgehead atoms. The minimum Gasteiger partial charge on any atom is -0.748 e. The number of benzene rings is 4. The molecule has 0 spiro atoms. The smallest absolute Gasteiger partial charge is 0.213 e. The highest BCUT2D eigenvalue weighted by Gasteiger charge is 2.27. The molecule has 0 radical (unpaired) electrons. The molecule has 6 rings (SSSR count). The van der Waals surface area contributed by atoms with E-state index in [1.54, 1.807) is 0 Å². The quantitative estimate of drug-likeness (QED) is 0.138. The SMILES string of the molecule is O=S(=O)([O-])CCC[n+]1c2ccccc2c(-c2c3ccccc3[n+](CCCS(=O)(=O)[O-])c3ccccc23)c2ccccc21. The van der Waals surface area contributed by atoms with Crippen molar-refractivity contribution in [1.82, 2.24) is 0 Å². The summed E-state index contributed by atoms with van der Waals surface area (Å²) < 4.78 is 72.4. The number of hydrogen-bond donors (Lipinski definition) is 0. The number of aromatic nitrogens is 2. The molecule has 0 aliphatic heterocycles. The first kappa shape index (κ1) is 28.2. The maximum absolute atomic E-state index is 11.4. The normalized spacial score (nSPS) is 12.5. The van der Waals surface area contributed by atoms with E-state index in [1.165, 1.54) is 0 Å². The molecule has 0 amide bonds. The van der Waals surface area contributed by atoms with E-state index in [0.29, 0.717) is 13.1 Å². The van der Waals surface area contributed by atoms with E-state index in [9.17, 15) is 25.9 Å². The van der Waals surface area contributed by atoms with Crippen LogP contribution in [-0.4, -0.2) is 37.4 Å². The molecular weight excluding hydrogens is 572 g/mol. The zero-order chi connectivity index (χ0) is 29.5. The second kappa shape index (κ2) is 11.0. The summed E-state index contributed by atoms with van der Waals surface area (Å²) in [7, 11) is -8.67. The van der Waals surface area contributed by atoms with Crippen molar-refractivity contribution in [3.8, 4) is 11.1 Å². The molecule has 2 heterocycles. The van der Waals surface area contributed by atoms with Crippen molar-refractivity contribution in [2.24, 2.45) is 0 Å². The van der Waals surface area contributed by atoms with Gasteiger partial charge in [-0.3, -0.25) is 0 Å². The van der Waals surface area contributed by atoms with Gasteiger partial charge in [0.25, 0.3) is 0 Å². The van der Waals surface area contributed by atoms with Crippen LogP contribution in [0.25, 0.3) is 54.7 Å². The van der Waals surface area contributed by atoms with Crippen molar-refractivity contribution in [1.29, 1.82) is 0 Å². The standard InChI is InChI=1S/C32H28N2O6S2/c35-41(36,37)21-9-19-33-27-15-5-1-11-23(27)31(24-12-2-6-16-28(24)33)32-25-13-3-7-17-29(25)34(20-10-22-42(38,39)40)30-18-8-4-14-26(30)32/h1-8,11-18H,9-10,19-22H2. The van der Waals surface area contributed by atoms with Crippen molar-refractivity contribution >= 4 is 63.8 Å². The first-order chi connectivity index (χ1) is 20.1. The molecule has 42 heavy (non-hydrogen) atoms. The van der Waals surface area contributed by atoms with Gasteiger partial charge in [-0.15, -0.1) is 0 Å². The fraction of sp³-hybridized carbons (Fsp3) is 0.188. The lowest BCUT2D eigenvalue weighted by molar-refractivity contribution is -0.645. The van der Waals surface area contributed by atoms with Crippen LogP contribution in [0.1, 0.15) is 12.8 Å². The summed E-state index contributed by atoms with van der Waals surface area (Å²) in [5, 5.41) is 3.91. The molecule has 0 unspecified atom stereocenters. The highest BCUT2D eigenvalue weighted by molar-refractivity contribution is 7.85. The zero-order valence-corrected chi connectivity index (χ0v) is 24.3. The number of pyridine rings is 2. The Kier molecular flexibility index (Phi) is 7.40. The fourth-order valence-corrected chi connectivity index (χ4v) is 7.02. The average molecular weight is 601 g/mol. The van der Waals surface area contributed by atoms with Gasteiger partial charge in [0.2, 0.25) is 22.1 Å². The van der Waals surface area contributed by atoms with E-state index >= 15 is 0 Å². The van der Waals surface area contributed by atoms with Gasteiger partial charge in [-0.25, -0.2) is 16.8 Å². The lowest BCUT2D eigenvalue weighted by Gasteiger charge is -2.16. The van der Waals surface area contributed by atoms with Crippen LogP contribution >= 0.6 is 0 Å². The van der Waals surface area contributed by atoms with E-state index in [4.69, 9.17) is 0 Å². The van der Waals surface area contributed by atoms with Crippen LogP contribution in [0.4, 0.5) is 0 Å². The van der Waals surface area contributed by atoms with Gasteiger partial charge in [0.05, 0.1) is 41.8 Å². The Balaban J connectivity index is 1.68. The van der Waals surface area contributed by atoms with Crippen LogP contribution < -0.4 is 9.13 Å². The zero-order valence-electron chi connectivity index (χ0n) is 22.6. The average Bonchev–Trinajstić information content (AvgIpc) is 2.96. The van der Waals surface area contributed by atoms with E-state index < -0.39 is 31.7 Å². The molecule has 0 aliphatic carbocycles. The Bertz CT molecular complexity index is 1940. The van der Waals surface area contributed by atoms with Crippen molar-refractivity contribution in [2.75, 3.05) is 11.5 Å². The molecule has 6 aromatic rings. The lowest BCUT2D eigenvalue weighted by atomic mass is 9.90. The second-order valence-electron chi connectivity index (χ2n) is 10.4. The first-order valence-electron chi connectivity index (χ1n) is 13.7. The molecular formula is C32H28N2O6S2. The summed E-state index contributed by atoms with van der Waals surface area (Å²) in [5.74, 6) is -0.877. The van der Waals surface area contributed by atoms with Gasteiger partial charge in [0.1, 0.15) is 0 Å². The van der Waals surface area contributed by atoms with Crippen molar-refractivity contribution in [3.05, 3.63) is 97.1 Å². The van der Waals surface area contributed by atoms with E-state index in [0.717, 1.165) is 54.7 Å². The maximum Gasteiger partial charge on any atom is 0.213 e. The molecule has 0 aliphatic rings. The lowest BCUT2D eigenvalue weighted by Crippen LogP contribution is -2.37. The van der Waals surface area contributed by atoms with Gasteiger partial charge < -0.3 is 9.11 Å². The third-order valence-corrected chi connectivity index (χ3v) is 9.24. The van der Waals surface area contributed by atoms with Gasteiger partial charge in [-0.05, 0) is 24.3 Å². The van der Waals surface area contributed by atoms with Crippen LogP contribution in [-0.2, 0) is 33.3 Å². The Labute approximate surface area is 244 Å². The summed E-state index contributed by atoms with van der Waals surface area (Å²) in [6, 6.07) is 31.9. The molecule has 0 saturated carbocycles. The number of nitrogens with zero attached hydrogens (tertiary/aromatic N) is 2. The summed E-state index contributed by atoms with van der Waals surface area (Å²) in [4.78, 5) is 0. The Hall–Kier alpha value is -3.96. The van der Waals surface area contributed by atoms with Crippen LogP contribution in [0, 0.1) is 0 Å². The Morgan fingerprint density at radius 1 is 0.452 bits per heavy atom. The highest BCUT2D eigenvalue weighted by Crippen LogP contribution is 2.41. The van der Waals surface area contributed by atoms with Gasteiger partial charge in [0.15, 0.2) is 13.1 Å². The number of fused-ring (bicyclic) bond motifs is 4. The first-order valence-corrected chi connectivity index (χ1v) is 16.8. The molecule has 0 saturated heterocycles. The topological polar surface area (TPSA) is 122 Å². The second-order valence-corrected chi connectivity index (χ2v) is 13.4. The fourth-order valence-electron chi connectivity index (χ4n) is 6.05. The van der Waals surface area contributed by atoms with Gasteiger partial charge >= 0.3 is 0 Å². The largest absolute Gasteiger partial charge is 0.748 e. The highest BCUT2D eigenvalue weighted by atomic mass is 32.2. The number of hydrogen-bond acceptors (Lipinski definition) is 6. The summed E-state index contributed by atoms with van der Waals surface area (Å²) in [6.07, 6.45) is 0.389. The predicted octanol–water partition coefficient (Wildman–Crippen LogP) is 4.41. The minimum absolute atomic E-state index is 0.195. The summed E-state index contributed by atoms with van der Waals surface area (Å²) >= 11 is 0. The van der Waals surface area contributed by atoms with E-state index in [2.05, 4.69) is 33.4 Å². The van der Waals surface area contributed by atoms with Crippen LogP contribution in [0.15, 0.2) is 97.1 Å². The third-order valence-electron chi connectivity index (χ3n) is 7.66. The van der Waals surface area contributed by atoms with Crippen LogP contribution in [0.5, 0.6) is 0 Å². The van der Waals surface area contributed by atoms with Crippen molar-refractivity contribution in [3.63, 3.8) is 0 Å². The van der Waals surface area contributed by atoms with E-state index in [1.807, 2.05) is 72.8 Å². The molecule has 0 N–H and O–H groups in total. The summed E-state index contributed by atoms with van der Waals surface area (Å²) in [6.45, 7) is 0.726. The molecule has 2 aromatic heterocycles. The van der Waals surface area contributed by atoms with Crippen molar-refractivity contribution in [2.45, 2.75) is 25.9 Å². The number of para-hydroxylation sites is 4. The van der Waals surface area contributed by atoms with Gasteiger partial charge in [0, 0.05) is 59.7 Å². The van der Waals surface area contributed by atoms with E-state index in [-0.39, 0.29) is 12.8 Å². The summed E-state index contributed by atoms with van der Waals surface area (Å²) in [5.41, 5.74) is 5.71. The predicted molar refractivity (Wildman–Crippen MR) is 161 cm³/mol. The maximum atomic E-state index is 11.4. The molecule has 10 heteroatoms. The van der Waals surface area contributed by atoms with Gasteiger partial charge in [-0.2, -0.15) is 9.13 Å². The third kappa shape index (κ3) is 5.46.